The smallest absolute Gasteiger partial charge is 0.107 e. The summed E-state index contributed by atoms with van der Waals surface area (Å²) in [5.41, 5.74) is 8.52. The van der Waals surface area contributed by atoms with Gasteiger partial charge in [-0.1, -0.05) is 30.4 Å². The lowest BCUT2D eigenvalue weighted by Crippen LogP contribution is -2.32. The Balaban J connectivity index is 2.42. The lowest BCUT2D eigenvalue weighted by Gasteiger charge is -2.22. The molecule has 0 spiro atoms. The Labute approximate surface area is 125 Å². The highest BCUT2D eigenvalue weighted by atomic mass is 32.1. The van der Waals surface area contributed by atoms with Crippen LogP contribution in [-0.4, -0.2) is 41.6 Å². The molecule has 0 fully saturated rings. The number of nitrogens with two attached hydrogens (primary N) is 1. The maximum absolute atomic E-state index is 5.81. The molecule has 0 saturated heterocycles. The maximum atomic E-state index is 5.81. The van der Waals surface area contributed by atoms with Gasteiger partial charge in [0, 0.05) is 24.2 Å². The van der Waals surface area contributed by atoms with E-state index in [2.05, 4.69) is 36.2 Å². The first-order chi connectivity index (χ1) is 9.50. The first-order valence-electron chi connectivity index (χ1n) is 6.58. The molecule has 0 aliphatic heterocycles. The van der Waals surface area contributed by atoms with Crippen molar-refractivity contribution < 1.29 is 0 Å². The lowest BCUT2D eigenvalue weighted by atomic mass is 10.1. The van der Waals surface area contributed by atoms with Gasteiger partial charge in [-0.25, -0.2) is 0 Å². The highest BCUT2D eigenvalue weighted by Gasteiger charge is 2.12. The Hall–Kier alpha value is -1.72. The van der Waals surface area contributed by atoms with Gasteiger partial charge in [0.25, 0.3) is 0 Å². The molecule has 4 nitrogen and oxygen atoms in total. The van der Waals surface area contributed by atoms with E-state index in [1.807, 2.05) is 24.3 Å². The van der Waals surface area contributed by atoms with Gasteiger partial charge in [-0.05, 0) is 27.1 Å². The molecule has 5 heteroatoms. The van der Waals surface area contributed by atoms with E-state index >= 15 is 0 Å². The molecule has 1 aromatic carbocycles. The summed E-state index contributed by atoms with van der Waals surface area (Å²) >= 11 is 5.13. The molecule has 0 aliphatic carbocycles. The normalized spacial score (nSPS) is 12.6. The molecule has 106 valence electrons. The number of rotatable bonds is 5. The van der Waals surface area contributed by atoms with Crippen molar-refractivity contribution in [1.29, 1.82) is 0 Å². The summed E-state index contributed by atoms with van der Waals surface area (Å²) in [5.74, 6) is 0. The van der Waals surface area contributed by atoms with E-state index in [4.69, 9.17) is 18.0 Å². The summed E-state index contributed by atoms with van der Waals surface area (Å²) < 4.78 is 0. The second kappa shape index (κ2) is 6.15. The number of hydrogen-bond acceptors (Lipinski definition) is 4. The van der Waals surface area contributed by atoms with E-state index in [1.54, 1.807) is 6.20 Å². The van der Waals surface area contributed by atoms with Crippen molar-refractivity contribution in [2.24, 2.45) is 5.73 Å². The molecular weight excluding hydrogens is 268 g/mol. The van der Waals surface area contributed by atoms with Gasteiger partial charge >= 0.3 is 0 Å². The minimum Gasteiger partial charge on any atom is -0.389 e. The molecule has 2 aromatic rings. The van der Waals surface area contributed by atoms with Crippen LogP contribution in [0.1, 0.15) is 12.5 Å². The number of hydrogen-bond donors (Lipinski definition) is 2. The van der Waals surface area contributed by atoms with Gasteiger partial charge in [-0.15, -0.1) is 0 Å². The fourth-order valence-electron chi connectivity index (χ4n) is 1.95. The monoisotopic (exact) mass is 288 g/mol. The van der Waals surface area contributed by atoms with Gasteiger partial charge in [0.2, 0.25) is 0 Å². The van der Waals surface area contributed by atoms with Crippen LogP contribution in [0.4, 0.5) is 5.69 Å². The number of anilines is 1. The molecule has 1 aromatic heterocycles. The van der Waals surface area contributed by atoms with Crippen molar-refractivity contribution in [3.05, 3.63) is 36.0 Å². The maximum Gasteiger partial charge on any atom is 0.107 e. The molecule has 1 unspecified atom stereocenters. The summed E-state index contributed by atoms with van der Waals surface area (Å²) in [4.78, 5) is 6.94. The Morgan fingerprint density at radius 3 is 2.75 bits per heavy atom. The number of benzene rings is 1. The number of fused-ring (bicyclic) bond motifs is 1. The van der Waals surface area contributed by atoms with Gasteiger partial charge in [0.1, 0.15) is 4.99 Å². The molecular formula is C15H20N4S. The van der Waals surface area contributed by atoms with E-state index in [-0.39, 0.29) is 0 Å². The number of pyridine rings is 1. The van der Waals surface area contributed by atoms with Crippen LogP contribution in [0.2, 0.25) is 0 Å². The molecule has 1 heterocycles. The predicted molar refractivity (Wildman–Crippen MR) is 89.3 cm³/mol. The number of likely N-dealkylation sites (N-methyl/N-ethyl adjacent to an activating group) is 1. The summed E-state index contributed by atoms with van der Waals surface area (Å²) in [6.45, 7) is 2.98. The Morgan fingerprint density at radius 1 is 1.40 bits per heavy atom. The first kappa shape index (κ1) is 14.7. The molecule has 0 saturated carbocycles. The number of nitrogens with zero attached hydrogens (tertiary/aromatic N) is 2. The Kier molecular flexibility index (Phi) is 4.52. The van der Waals surface area contributed by atoms with Crippen LogP contribution in [0.25, 0.3) is 10.9 Å². The van der Waals surface area contributed by atoms with Gasteiger partial charge < -0.3 is 16.0 Å². The average molecular weight is 288 g/mol. The van der Waals surface area contributed by atoms with Crippen LogP contribution < -0.4 is 11.1 Å². The molecule has 1 atom stereocenters. The number of nitrogens with one attached hydrogen (secondary N) is 1. The van der Waals surface area contributed by atoms with E-state index in [9.17, 15) is 0 Å². The SMILES string of the molecule is CC(CNc1c(C(N)=S)cnc2ccccc12)N(C)C. The second-order valence-corrected chi connectivity index (χ2v) is 5.56. The summed E-state index contributed by atoms with van der Waals surface area (Å²) in [7, 11) is 4.12. The first-order valence-corrected chi connectivity index (χ1v) is 6.99. The number of aromatic nitrogens is 1. The average Bonchev–Trinajstić information content (AvgIpc) is 2.43. The van der Waals surface area contributed by atoms with Gasteiger partial charge in [0.05, 0.1) is 16.8 Å². The van der Waals surface area contributed by atoms with Crippen molar-refractivity contribution in [3.63, 3.8) is 0 Å². The lowest BCUT2D eigenvalue weighted by molar-refractivity contribution is 0.326. The Morgan fingerprint density at radius 2 is 2.10 bits per heavy atom. The second-order valence-electron chi connectivity index (χ2n) is 5.12. The highest BCUT2D eigenvalue weighted by Crippen LogP contribution is 2.25. The molecule has 2 rings (SSSR count). The zero-order valence-electron chi connectivity index (χ0n) is 12.1. The molecule has 0 amide bonds. The van der Waals surface area contributed by atoms with Crippen LogP contribution >= 0.6 is 12.2 Å². The highest BCUT2D eigenvalue weighted by molar-refractivity contribution is 7.80. The minimum atomic E-state index is 0.364. The minimum absolute atomic E-state index is 0.364. The third-order valence-corrected chi connectivity index (χ3v) is 3.72. The van der Waals surface area contributed by atoms with Gasteiger partial charge in [0.15, 0.2) is 0 Å². The van der Waals surface area contributed by atoms with Crippen molar-refractivity contribution in [2.45, 2.75) is 13.0 Å². The molecule has 3 N–H and O–H groups in total. The summed E-state index contributed by atoms with van der Waals surface area (Å²) in [6.07, 6.45) is 1.74. The number of thiocarbonyl (C=S) groups is 1. The van der Waals surface area contributed by atoms with Crippen molar-refractivity contribution in [3.8, 4) is 0 Å². The van der Waals surface area contributed by atoms with Crippen LogP contribution in [0, 0.1) is 0 Å². The third-order valence-electron chi connectivity index (χ3n) is 3.50. The third kappa shape index (κ3) is 3.05. The molecule has 0 radical (unpaired) electrons. The van der Waals surface area contributed by atoms with Crippen LogP contribution in [0.15, 0.2) is 30.5 Å². The van der Waals surface area contributed by atoms with E-state index < -0.39 is 0 Å². The van der Waals surface area contributed by atoms with E-state index in [0.717, 1.165) is 28.7 Å². The van der Waals surface area contributed by atoms with Crippen molar-refractivity contribution in [2.75, 3.05) is 26.0 Å². The summed E-state index contributed by atoms with van der Waals surface area (Å²) in [6, 6.07) is 8.39. The molecule has 20 heavy (non-hydrogen) atoms. The standard InChI is InChI=1S/C15H20N4S/c1-10(19(2)3)8-18-14-11-6-4-5-7-13(11)17-9-12(14)15(16)20/h4-7,9-10H,8H2,1-3H3,(H2,16,20)(H,17,18). The summed E-state index contributed by atoms with van der Waals surface area (Å²) in [5, 5.41) is 4.51. The Bertz CT molecular complexity index is 624. The topological polar surface area (TPSA) is 54.2 Å². The van der Waals surface area contributed by atoms with Crippen LogP contribution in [-0.2, 0) is 0 Å². The molecule has 0 bridgehead atoms. The van der Waals surface area contributed by atoms with Crippen LogP contribution in [0.3, 0.4) is 0 Å². The van der Waals surface area contributed by atoms with Crippen molar-refractivity contribution in [1.82, 2.24) is 9.88 Å². The van der Waals surface area contributed by atoms with Gasteiger partial charge in [-0.2, -0.15) is 0 Å². The zero-order valence-corrected chi connectivity index (χ0v) is 12.9. The predicted octanol–water partition coefficient (Wildman–Crippen LogP) is 2.23. The quantitative estimate of drug-likeness (QED) is 0.826. The number of para-hydroxylation sites is 1. The zero-order chi connectivity index (χ0) is 14.7. The van der Waals surface area contributed by atoms with E-state index in [0.29, 0.717) is 11.0 Å². The molecule has 0 aliphatic rings. The van der Waals surface area contributed by atoms with Crippen molar-refractivity contribution >= 4 is 33.8 Å². The fourth-order valence-corrected chi connectivity index (χ4v) is 2.11. The van der Waals surface area contributed by atoms with E-state index in [1.165, 1.54) is 0 Å². The fraction of sp³-hybridized carbons (Fsp3) is 0.333. The largest absolute Gasteiger partial charge is 0.389 e. The van der Waals surface area contributed by atoms with Crippen LogP contribution in [0.5, 0.6) is 0 Å². The van der Waals surface area contributed by atoms with Gasteiger partial charge in [-0.3, -0.25) is 4.98 Å².